The second-order valence-electron chi connectivity index (χ2n) is 7.00. The van der Waals surface area contributed by atoms with Gasteiger partial charge in [0.1, 0.15) is 11.6 Å². The minimum Gasteiger partial charge on any atom is -0.378 e. The molecule has 3 aromatic heterocycles. The summed E-state index contributed by atoms with van der Waals surface area (Å²) in [7, 11) is 0. The molecule has 10 heteroatoms. The Morgan fingerprint density at radius 1 is 0.821 bits per heavy atom. The molecule has 0 unspecified atom stereocenters. The van der Waals surface area contributed by atoms with Crippen LogP contribution in [0.4, 0.5) is 17.6 Å². The molecular formula is C18H23N9O. The Morgan fingerprint density at radius 3 is 2.39 bits per heavy atom. The van der Waals surface area contributed by atoms with Crippen molar-refractivity contribution in [1.29, 1.82) is 0 Å². The van der Waals surface area contributed by atoms with E-state index in [-0.39, 0.29) is 0 Å². The zero-order chi connectivity index (χ0) is 18.9. The maximum Gasteiger partial charge on any atom is 0.227 e. The fraction of sp³-hybridized carbons (Fsp3) is 0.500. The highest BCUT2D eigenvalue weighted by Gasteiger charge is 2.22. The lowest BCUT2D eigenvalue weighted by atomic mass is 10.3. The van der Waals surface area contributed by atoms with Crippen LogP contribution < -0.4 is 14.7 Å². The Labute approximate surface area is 162 Å². The molecule has 0 N–H and O–H groups in total. The molecule has 5 rings (SSSR count). The normalized spacial score (nSPS) is 18.1. The standard InChI is InChI=1S/C18H23N9O/c1-14-21-22-16-2-3-17(23-27(14)16)24-6-8-26(9-7-24)18-19-5-4-15(20-18)25-10-12-28-13-11-25/h2-5H,6-13H2,1H3. The largest absolute Gasteiger partial charge is 0.378 e. The van der Waals surface area contributed by atoms with E-state index in [0.29, 0.717) is 0 Å². The summed E-state index contributed by atoms with van der Waals surface area (Å²) in [6.45, 7) is 8.61. The van der Waals surface area contributed by atoms with E-state index in [1.165, 1.54) is 0 Å². The Bertz CT molecular complexity index is 961. The van der Waals surface area contributed by atoms with Crippen LogP contribution in [-0.4, -0.2) is 82.3 Å². The summed E-state index contributed by atoms with van der Waals surface area (Å²) in [5, 5.41) is 12.9. The van der Waals surface area contributed by atoms with Crippen LogP contribution in [-0.2, 0) is 4.74 Å². The molecule has 3 aromatic rings. The van der Waals surface area contributed by atoms with E-state index in [0.717, 1.165) is 81.5 Å². The van der Waals surface area contributed by atoms with Crippen LogP contribution in [0.3, 0.4) is 0 Å². The van der Waals surface area contributed by atoms with Gasteiger partial charge in [0.15, 0.2) is 11.5 Å². The highest BCUT2D eigenvalue weighted by molar-refractivity contribution is 5.48. The lowest BCUT2D eigenvalue weighted by molar-refractivity contribution is 0.122. The van der Waals surface area contributed by atoms with Gasteiger partial charge in [0.05, 0.1) is 13.2 Å². The lowest BCUT2D eigenvalue weighted by Crippen LogP contribution is -2.47. The molecule has 0 radical (unpaired) electrons. The molecule has 0 atom stereocenters. The lowest BCUT2D eigenvalue weighted by Gasteiger charge is -2.35. The molecule has 10 nitrogen and oxygen atoms in total. The smallest absolute Gasteiger partial charge is 0.227 e. The number of piperazine rings is 1. The molecule has 0 saturated carbocycles. The summed E-state index contributed by atoms with van der Waals surface area (Å²) in [5.74, 6) is 3.51. The number of hydrogen-bond donors (Lipinski definition) is 0. The third kappa shape index (κ3) is 3.19. The first-order chi connectivity index (χ1) is 13.8. The Balaban J connectivity index is 1.28. The summed E-state index contributed by atoms with van der Waals surface area (Å²) >= 11 is 0. The minimum absolute atomic E-state index is 0.751. The van der Waals surface area contributed by atoms with Crippen molar-refractivity contribution in [3.63, 3.8) is 0 Å². The van der Waals surface area contributed by atoms with Crippen LogP contribution in [0.25, 0.3) is 5.65 Å². The fourth-order valence-corrected chi connectivity index (χ4v) is 3.65. The van der Waals surface area contributed by atoms with Crippen LogP contribution in [0, 0.1) is 6.92 Å². The summed E-state index contributed by atoms with van der Waals surface area (Å²) in [6.07, 6.45) is 1.85. The van der Waals surface area contributed by atoms with Crippen molar-refractivity contribution in [1.82, 2.24) is 29.8 Å². The number of anilines is 3. The van der Waals surface area contributed by atoms with Gasteiger partial charge in [0.2, 0.25) is 5.95 Å². The number of nitrogens with zero attached hydrogens (tertiary/aromatic N) is 9. The van der Waals surface area contributed by atoms with E-state index in [9.17, 15) is 0 Å². The minimum atomic E-state index is 0.751. The number of fused-ring (bicyclic) bond motifs is 1. The third-order valence-corrected chi connectivity index (χ3v) is 5.25. The van der Waals surface area contributed by atoms with Crippen molar-refractivity contribution in [2.45, 2.75) is 6.92 Å². The maximum atomic E-state index is 5.43. The summed E-state index contributed by atoms with van der Waals surface area (Å²) < 4.78 is 7.22. The first-order valence-corrected chi connectivity index (χ1v) is 9.63. The predicted molar refractivity (Wildman–Crippen MR) is 105 cm³/mol. The molecule has 0 amide bonds. The van der Waals surface area contributed by atoms with E-state index in [2.05, 4.69) is 35.0 Å². The third-order valence-electron chi connectivity index (χ3n) is 5.25. The highest BCUT2D eigenvalue weighted by Crippen LogP contribution is 2.20. The quantitative estimate of drug-likeness (QED) is 0.639. The molecule has 5 heterocycles. The Morgan fingerprint density at radius 2 is 1.57 bits per heavy atom. The van der Waals surface area contributed by atoms with E-state index in [4.69, 9.17) is 9.72 Å². The second-order valence-corrected chi connectivity index (χ2v) is 7.00. The van der Waals surface area contributed by atoms with Gasteiger partial charge in [0, 0.05) is 45.5 Å². The van der Waals surface area contributed by atoms with Gasteiger partial charge in [-0.15, -0.1) is 15.3 Å². The maximum absolute atomic E-state index is 5.43. The van der Waals surface area contributed by atoms with Gasteiger partial charge in [-0.2, -0.15) is 9.50 Å². The van der Waals surface area contributed by atoms with Crippen molar-refractivity contribution in [3.05, 3.63) is 30.2 Å². The summed E-state index contributed by atoms with van der Waals surface area (Å²) in [6, 6.07) is 5.95. The molecule has 0 aliphatic carbocycles. The summed E-state index contributed by atoms with van der Waals surface area (Å²) in [4.78, 5) is 16.1. The van der Waals surface area contributed by atoms with Gasteiger partial charge in [-0.1, -0.05) is 0 Å². The van der Waals surface area contributed by atoms with Crippen LogP contribution in [0.5, 0.6) is 0 Å². The topological polar surface area (TPSA) is 87.8 Å². The second kappa shape index (κ2) is 7.19. The molecular weight excluding hydrogens is 358 g/mol. The number of aryl methyl sites for hydroxylation is 1. The molecule has 2 aliphatic rings. The number of rotatable bonds is 3. The average molecular weight is 381 g/mol. The fourth-order valence-electron chi connectivity index (χ4n) is 3.65. The van der Waals surface area contributed by atoms with Crippen LogP contribution in [0.1, 0.15) is 5.82 Å². The van der Waals surface area contributed by atoms with Crippen molar-refractivity contribution in [3.8, 4) is 0 Å². The zero-order valence-electron chi connectivity index (χ0n) is 15.9. The molecule has 0 aromatic carbocycles. The molecule has 0 spiro atoms. The summed E-state index contributed by atoms with van der Waals surface area (Å²) in [5.41, 5.74) is 0.771. The van der Waals surface area contributed by atoms with Gasteiger partial charge in [-0.3, -0.25) is 0 Å². The molecule has 0 bridgehead atoms. The number of aromatic nitrogens is 6. The number of ether oxygens (including phenoxy) is 1. The Kier molecular flexibility index (Phi) is 4.40. The SMILES string of the molecule is Cc1nnc2ccc(N3CCN(c4nccc(N5CCOCC5)n4)CC3)nn12. The van der Waals surface area contributed by atoms with Gasteiger partial charge in [0.25, 0.3) is 0 Å². The predicted octanol–water partition coefficient (Wildman–Crippen LogP) is 0.386. The van der Waals surface area contributed by atoms with Gasteiger partial charge in [-0.05, 0) is 25.1 Å². The van der Waals surface area contributed by atoms with Crippen LogP contribution >= 0.6 is 0 Å². The zero-order valence-corrected chi connectivity index (χ0v) is 15.9. The monoisotopic (exact) mass is 381 g/mol. The van der Waals surface area contributed by atoms with Gasteiger partial charge >= 0.3 is 0 Å². The first-order valence-electron chi connectivity index (χ1n) is 9.63. The molecule has 146 valence electrons. The van der Waals surface area contributed by atoms with Crippen molar-refractivity contribution >= 4 is 23.2 Å². The molecule has 28 heavy (non-hydrogen) atoms. The van der Waals surface area contributed by atoms with Crippen LogP contribution in [0.15, 0.2) is 24.4 Å². The number of hydrogen-bond acceptors (Lipinski definition) is 9. The van der Waals surface area contributed by atoms with E-state index in [1.54, 1.807) is 4.52 Å². The average Bonchev–Trinajstić information content (AvgIpc) is 3.15. The van der Waals surface area contributed by atoms with Crippen molar-refractivity contribution in [2.24, 2.45) is 0 Å². The Hall–Kier alpha value is -3.01. The van der Waals surface area contributed by atoms with Gasteiger partial charge < -0.3 is 19.4 Å². The molecule has 2 saturated heterocycles. The number of morpholine rings is 1. The first kappa shape index (κ1) is 17.1. The molecule has 2 aliphatic heterocycles. The van der Waals surface area contributed by atoms with Crippen LogP contribution in [0.2, 0.25) is 0 Å². The van der Waals surface area contributed by atoms with E-state index < -0.39 is 0 Å². The molecule has 2 fully saturated rings. The van der Waals surface area contributed by atoms with E-state index in [1.807, 2.05) is 31.3 Å². The van der Waals surface area contributed by atoms with E-state index >= 15 is 0 Å². The van der Waals surface area contributed by atoms with Gasteiger partial charge in [-0.25, -0.2) is 4.98 Å². The highest BCUT2D eigenvalue weighted by atomic mass is 16.5. The van der Waals surface area contributed by atoms with Crippen molar-refractivity contribution in [2.75, 3.05) is 67.2 Å². The van der Waals surface area contributed by atoms with Crippen molar-refractivity contribution < 1.29 is 4.74 Å².